The van der Waals surface area contributed by atoms with E-state index in [0.717, 1.165) is 45.7 Å². The van der Waals surface area contributed by atoms with Crippen LogP contribution in [0.2, 0.25) is 0 Å². The van der Waals surface area contributed by atoms with Gasteiger partial charge >= 0.3 is 0 Å². The number of hydrogen-bond acceptors (Lipinski definition) is 15. The molecule has 1 saturated carbocycles. The van der Waals surface area contributed by atoms with Crippen molar-refractivity contribution >= 4 is 51.7 Å². The highest BCUT2D eigenvalue weighted by Gasteiger charge is 2.45. The number of amides is 4. The molecule has 1 aliphatic carbocycles. The van der Waals surface area contributed by atoms with E-state index >= 15 is 0 Å². The van der Waals surface area contributed by atoms with Gasteiger partial charge in [0.2, 0.25) is 11.8 Å². The van der Waals surface area contributed by atoms with Crippen LogP contribution in [0.4, 0.5) is 15.8 Å². The molecule has 0 spiro atoms. The molecule has 4 amide bonds. The van der Waals surface area contributed by atoms with Crippen LogP contribution in [0.1, 0.15) is 81.0 Å². The Labute approximate surface area is 363 Å². The van der Waals surface area contributed by atoms with Crippen LogP contribution >= 0.6 is 0 Å². The Kier molecular flexibility index (Phi) is 16.2. The van der Waals surface area contributed by atoms with Crippen LogP contribution < -0.4 is 16.0 Å². The first-order valence-corrected chi connectivity index (χ1v) is 21.3. The summed E-state index contributed by atoms with van der Waals surface area (Å²) in [6, 6.07) is 11.9. The third-order valence-corrected chi connectivity index (χ3v) is 10.6. The summed E-state index contributed by atoms with van der Waals surface area (Å²) in [5.41, 5.74) is 4.56. The van der Waals surface area contributed by atoms with Crippen LogP contribution in [0.3, 0.4) is 0 Å². The third-order valence-electron chi connectivity index (χ3n) is 10.6. The van der Waals surface area contributed by atoms with Gasteiger partial charge in [-0.05, 0) is 62.1 Å². The Hall–Kier alpha value is -5.79. The van der Waals surface area contributed by atoms with Crippen molar-refractivity contribution in [1.82, 2.24) is 25.2 Å². The molecule has 17 nitrogen and oxygen atoms in total. The molecular formula is C45H52FN7O10. The SMILES string of the molecule is O=C1CCC(N2C(=O)c3cccc(NCCOCCOCCOCCOCCOCC(F)CCC(=O)c4cnc(Cc5ccc6cnccc6n5)cc4NC4CC4)c3C2=O)C(=O)N1. The van der Waals surface area contributed by atoms with E-state index < -0.39 is 35.8 Å². The van der Waals surface area contributed by atoms with E-state index in [0.29, 0.717) is 76.5 Å². The number of nitrogens with one attached hydrogen (secondary N) is 3. The number of ketones is 1. The topological polar surface area (TPSA) is 210 Å². The van der Waals surface area contributed by atoms with Gasteiger partial charge in [0.1, 0.15) is 12.2 Å². The van der Waals surface area contributed by atoms with Crippen LogP contribution in [0.5, 0.6) is 0 Å². The summed E-state index contributed by atoms with van der Waals surface area (Å²) in [7, 11) is 0. The number of carbonyl (C=O) groups is 5. The molecule has 4 aromatic rings. The first-order valence-electron chi connectivity index (χ1n) is 21.3. The molecule has 18 heteroatoms. The molecule has 2 unspecified atom stereocenters. The first kappa shape index (κ1) is 45.2. The van der Waals surface area contributed by atoms with E-state index in [1.165, 1.54) is 0 Å². The van der Waals surface area contributed by atoms with Crippen molar-refractivity contribution in [3.8, 4) is 0 Å². The Morgan fingerprint density at radius 1 is 0.825 bits per heavy atom. The highest BCUT2D eigenvalue weighted by Crippen LogP contribution is 2.33. The predicted molar refractivity (Wildman–Crippen MR) is 227 cm³/mol. The number of alkyl halides is 1. The van der Waals surface area contributed by atoms with Gasteiger partial charge in [-0.15, -0.1) is 0 Å². The molecule has 2 atom stereocenters. The summed E-state index contributed by atoms with van der Waals surface area (Å²) in [6.07, 6.45) is 6.59. The second-order valence-electron chi connectivity index (χ2n) is 15.4. The second kappa shape index (κ2) is 22.5. The Morgan fingerprint density at radius 2 is 1.56 bits per heavy atom. The van der Waals surface area contributed by atoms with Gasteiger partial charge in [-0.1, -0.05) is 6.07 Å². The fourth-order valence-electron chi connectivity index (χ4n) is 7.19. The molecule has 7 rings (SSSR count). The number of anilines is 2. The van der Waals surface area contributed by atoms with E-state index in [9.17, 15) is 28.4 Å². The molecule has 5 heterocycles. The average Bonchev–Trinajstić information content (AvgIpc) is 4.07. The van der Waals surface area contributed by atoms with Gasteiger partial charge in [-0.25, -0.2) is 4.39 Å². The number of fused-ring (bicyclic) bond motifs is 2. The molecule has 2 aliphatic heterocycles. The van der Waals surface area contributed by atoms with Gasteiger partial charge in [0.25, 0.3) is 11.8 Å². The minimum atomic E-state index is -1.29. The average molecular weight is 870 g/mol. The smallest absolute Gasteiger partial charge is 0.264 e. The fraction of sp³-hybridized carbons (Fsp3) is 0.467. The van der Waals surface area contributed by atoms with E-state index in [1.807, 2.05) is 24.3 Å². The lowest BCUT2D eigenvalue weighted by Crippen LogP contribution is -2.54. The largest absolute Gasteiger partial charge is 0.382 e. The number of halogens is 1. The van der Waals surface area contributed by atoms with Crippen molar-refractivity contribution in [1.29, 1.82) is 0 Å². The lowest BCUT2D eigenvalue weighted by atomic mass is 10.0. The maximum Gasteiger partial charge on any atom is 0.264 e. The van der Waals surface area contributed by atoms with E-state index in [4.69, 9.17) is 28.7 Å². The predicted octanol–water partition coefficient (Wildman–Crippen LogP) is 4.09. The van der Waals surface area contributed by atoms with Crippen molar-refractivity contribution in [2.24, 2.45) is 0 Å². The Balaban J connectivity index is 0.680. The zero-order valence-corrected chi connectivity index (χ0v) is 35.0. The van der Waals surface area contributed by atoms with Crippen molar-refractivity contribution in [3.05, 3.63) is 89.1 Å². The minimum absolute atomic E-state index is 0.0373. The number of piperidine rings is 1. The van der Waals surface area contributed by atoms with Crippen LogP contribution in [0.25, 0.3) is 10.9 Å². The number of carbonyl (C=O) groups excluding carboxylic acids is 5. The van der Waals surface area contributed by atoms with Crippen LogP contribution in [-0.4, -0.2) is 140 Å². The summed E-state index contributed by atoms with van der Waals surface area (Å²) in [4.78, 5) is 77.6. The molecule has 3 N–H and O–H groups in total. The molecule has 0 radical (unpaired) electrons. The zero-order chi connectivity index (χ0) is 44.0. The molecule has 3 aromatic heterocycles. The summed E-state index contributed by atoms with van der Waals surface area (Å²) in [5.74, 6) is -2.39. The standard InChI is InChI=1S/C45H52FN7O10/c46-30(5-10-40(54)35-27-49-33(25-38(35)50-31-7-8-31)24-32-6-4-29-26-47-13-12-36(29)51-32)28-63-23-22-62-21-20-61-19-18-60-17-16-59-15-14-48-37-3-1-2-34-42(37)45(58)53(44(34)57)39-9-11-41(55)52-43(39)56/h1-4,6,12-13,25-27,30-31,39,48H,5,7-11,14-24,28H2,(H,49,50)(H,52,55,56). The van der Waals surface area contributed by atoms with Crippen LogP contribution in [0.15, 0.2) is 61.1 Å². The van der Waals surface area contributed by atoms with Crippen LogP contribution in [-0.2, 0) is 39.7 Å². The van der Waals surface area contributed by atoms with Gasteiger partial charge in [-0.3, -0.25) is 49.1 Å². The molecule has 334 valence electrons. The number of imide groups is 2. The number of nitrogens with zero attached hydrogens (tertiary/aromatic N) is 4. The highest BCUT2D eigenvalue weighted by atomic mass is 19.1. The van der Waals surface area contributed by atoms with Gasteiger partial charge in [0, 0.05) is 78.6 Å². The van der Waals surface area contributed by atoms with E-state index in [2.05, 4.69) is 25.9 Å². The molecular weight excluding hydrogens is 818 g/mol. The summed E-state index contributed by atoms with van der Waals surface area (Å²) < 4.78 is 42.2. The minimum Gasteiger partial charge on any atom is -0.382 e. The second-order valence-corrected chi connectivity index (χ2v) is 15.4. The molecule has 2 fully saturated rings. The Bertz CT molecular complexity index is 2260. The van der Waals surface area contributed by atoms with Crippen LogP contribution in [0, 0.1) is 0 Å². The molecule has 63 heavy (non-hydrogen) atoms. The number of pyridine rings is 3. The first-order chi connectivity index (χ1) is 30.7. The van der Waals surface area contributed by atoms with Crippen molar-refractivity contribution in [2.75, 3.05) is 83.2 Å². The third kappa shape index (κ3) is 12.7. The van der Waals surface area contributed by atoms with Gasteiger partial charge in [0.15, 0.2) is 5.78 Å². The number of hydrogen-bond donors (Lipinski definition) is 3. The monoisotopic (exact) mass is 869 g/mol. The molecule has 3 aliphatic rings. The lowest BCUT2D eigenvalue weighted by molar-refractivity contribution is -0.136. The van der Waals surface area contributed by atoms with Crippen molar-refractivity contribution in [2.45, 2.75) is 63.2 Å². The van der Waals surface area contributed by atoms with Crippen molar-refractivity contribution < 1.29 is 52.0 Å². The summed E-state index contributed by atoms with van der Waals surface area (Å²) in [6.45, 7) is 3.15. The Morgan fingerprint density at radius 3 is 2.29 bits per heavy atom. The van der Waals surface area contributed by atoms with Crippen molar-refractivity contribution in [3.63, 3.8) is 0 Å². The van der Waals surface area contributed by atoms with Gasteiger partial charge in [0.05, 0.1) is 88.3 Å². The molecule has 0 bridgehead atoms. The maximum absolute atomic E-state index is 14.7. The zero-order valence-electron chi connectivity index (χ0n) is 35.0. The fourth-order valence-corrected chi connectivity index (χ4v) is 7.19. The number of rotatable bonds is 27. The van der Waals surface area contributed by atoms with Gasteiger partial charge in [-0.2, -0.15) is 0 Å². The number of ether oxygens (including phenoxy) is 5. The lowest BCUT2D eigenvalue weighted by Gasteiger charge is -2.27. The quantitative estimate of drug-likeness (QED) is 0.0438. The summed E-state index contributed by atoms with van der Waals surface area (Å²) >= 11 is 0. The normalized spacial score (nSPS) is 16.7. The molecule has 1 saturated heterocycles. The maximum atomic E-state index is 14.7. The van der Waals surface area contributed by atoms with E-state index in [1.54, 1.807) is 36.8 Å². The highest BCUT2D eigenvalue weighted by molar-refractivity contribution is 6.25. The van der Waals surface area contributed by atoms with E-state index in [-0.39, 0.29) is 62.4 Å². The number of benzene rings is 1. The van der Waals surface area contributed by atoms with Gasteiger partial charge < -0.3 is 34.3 Å². The molecule has 1 aromatic carbocycles. The number of Topliss-reactive ketones (excluding diaryl/α,β-unsaturated/α-hetero) is 1. The summed E-state index contributed by atoms with van der Waals surface area (Å²) in [5, 5.41) is 9.73. The number of aromatic nitrogens is 3.